The summed E-state index contributed by atoms with van der Waals surface area (Å²) in [6, 6.07) is 1.68. The molecule has 0 saturated heterocycles. The van der Waals surface area contributed by atoms with Crippen molar-refractivity contribution in [1.29, 1.82) is 0 Å². The summed E-state index contributed by atoms with van der Waals surface area (Å²) in [6.45, 7) is 1.85. The van der Waals surface area contributed by atoms with E-state index in [9.17, 15) is 12.8 Å². The van der Waals surface area contributed by atoms with E-state index < -0.39 is 21.9 Å². The molecule has 1 unspecified atom stereocenters. The Morgan fingerprint density at radius 3 is 2.81 bits per heavy atom. The molecular weight excluding hydrogens is 381 g/mol. The SMILES string of the molecule is CCC(NS(=O)(=O)c1cc(Br)c(F)cc1N)c1nccs1. The summed E-state index contributed by atoms with van der Waals surface area (Å²) in [5, 5.41) is 2.44. The third kappa shape index (κ3) is 3.60. The van der Waals surface area contributed by atoms with Crippen LogP contribution < -0.4 is 10.5 Å². The van der Waals surface area contributed by atoms with Gasteiger partial charge >= 0.3 is 0 Å². The zero-order chi connectivity index (χ0) is 15.6. The number of hydrogen-bond acceptors (Lipinski definition) is 5. The van der Waals surface area contributed by atoms with Gasteiger partial charge in [0.1, 0.15) is 15.7 Å². The summed E-state index contributed by atoms with van der Waals surface area (Å²) >= 11 is 4.32. The van der Waals surface area contributed by atoms with Gasteiger partial charge in [0.15, 0.2) is 0 Å². The lowest BCUT2D eigenvalue weighted by Gasteiger charge is -2.16. The van der Waals surface area contributed by atoms with Crippen molar-refractivity contribution in [3.05, 3.63) is 39.0 Å². The first-order chi connectivity index (χ1) is 9.85. The van der Waals surface area contributed by atoms with Crippen LogP contribution >= 0.6 is 27.3 Å². The number of nitrogens with one attached hydrogen (secondary N) is 1. The Hall–Kier alpha value is -1.03. The topological polar surface area (TPSA) is 85.1 Å². The highest BCUT2D eigenvalue weighted by atomic mass is 79.9. The van der Waals surface area contributed by atoms with Crippen molar-refractivity contribution >= 4 is 43.0 Å². The van der Waals surface area contributed by atoms with E-state index in [2.05, 4.69) is 25.6 Å². The average molecular weight is 394 g/mol. The molecule has 0 aliphatic carbocycles. The summed E-state index contributed by atoms with van der Waals surface area (Å²) in [4.78, 5) is 3.95. The third-order valence-corrected chi connectivity index (χ3v) is 5.82. The minimum atomic E-state index is -3.87. The first-order valence-electron chi connectivity index (χ1n) is 6.01. The fraction of sp³-hybridized carbons (Fsp3) is 0.250. The Bertz CT molecular complexity index is 735. The van der Waals surface area contributed by atoms with Gasteiger partial charge in [-0.3, -0.25) is 0 Å². The van der Waals surface area contributed by atoms with Gasteiger partial charge in [0.25, 0.3) is 0 Å². The Morgan fingerprint density at radius 1 is 1.52 bits per heavy atom. The molecule has 0 aliphatic heterocycles. The van der Waals surface area contributed by atoms with Gasteiger partial charge in [-0.15, -0.1) is 11.3 Å². The fourth-order valence-corrected chi connectivity index (χ4v) is 4.51. The molecule has 0 bridgehead atoms. The maximum atomic E-state index is 13.3. The van der Waals surface area contributed by atoms with Gasteiger partial charge in [0.2, 0.25) is 10.0 Å². The highest BCUT2D eigenvalue weighted by molar-refractivity contribution is 9.10. The molecule has 5 nitrogen and oxygen atoms in total. The number of nitrogens with zero attached hydrogens (tertiary/aromatic N) is 1. The van der Waals surface area contributed by atoms with Crippen LogP contribution in [0.2, 0.25) is 0 Å². The molecule has 2 rings (SSSR count). The number of nitrogen functional groups attached to an aromatic ring is 1. The van der Waals surface area contributed by atoms with Crippen molar-refractivity contribution in [1.82, 2.24) is 9.71 Å². The minimum absolute atomic E-state index is 0.0411. The zero-order valence-corrected chi connectivity index (χ0v) is 14.2. The maximum Gasteiger partial charge on any atom is 0.243 e. The summed E-state index contributed by atoms with van der Waals surface area (Å²) in [5.41, 5.74) is 5.48. The molecule has 0 amide bonds. The predicted octanol–water partition coefficient (Wildman–Crippen LogP) is 3.06. The van der Waals surface area contributed by atoms with Crippen molar-refractivity contribution in [2.45, 2.75) is 24.3 Å². The monoisotopic (exact) mass is 393 g/mol. The first kappa shape index (κ1) is 16.3. The quantitative estimate of drug-likeness (QED) is 0.764. The van der Waals surface area contributed by atoms with Crippen molar-refractivity contribution < 1.29 is 12.8 Å². The van der Waals surface area contributed by atoms with Crippen molar-refractivity contribution in [2.24, 2.45) is 0 Å². The summed E-state index contributed by atoms with van der Waals surface area (Å²) in [7, 11) is -3.87. The number of nitrogens with two attached hydrogens (primary N) is 1. The van der Waals surface area contributed by atoms with E-state index in [0.29, 0.717) is 11.4 Å². The molecular formula is C12H13BrFN3O2S2. The van der Waals surface area contributed by atoms with Crippen LogP contribution in [-0.4, -0.2) is 13.4 Å². The lowest BCUT2D eigenvalue weighted by atomic mass is 10.3. The molecule has 9 heteroatoms. The number of rotatable bonds is 5. The number of aromatic nitrogens is 1. The highest BCUT2D eigenvalue weighted by Crippen LogP contribution is 2.28. The van der Waals surface area contributed by atoms with Crippen LogP contribution in [0.1, 0.15) is 24.4 Å². The maximum absolute atomic E-state index is 13.3. The van der Waals surface area contributed by atoms with Gasteiger partial charge < -0.3 is 5.73 Å². The first-order valence-corrected chi connectivity index (χ1v) is 9.17. The Morgan fingerprint density at radius 2 is 2.24 bits per heavy atom. The fourth-order valence-electron chi connectivity index (χ4n) is 1.74. The standard InChI is InChI=1S/C12H13BrFN3O2S2/c1-2-10(12-16-3-4-20-12)17-21(18,19)11-5-7(13)8(14)6-9(11)15/h3-6,10,17H,2,15H2,1H3. The second kappa shape index (κ2) is 6.39. The second-order valence-electron chi connectivity index (χ2n) is 4.26. The van der Waals surface area contributed by atoms with Gasteiger partial charge in [-0.25, -0.2) is 22.5 Å². The molecule has 114 valence electrons. The van der Waals surface area contributed by atoms with Crippen LogP contribution in [0, 0.1) is 5.82 Å². The number of sulfonamides is 1. The van der Waals surface area contributed by atoms with Gasteiger partial charge in [-0.05, 0) is 34.5 Å². The molecule has 1 atom stereocenters. The summed E-state index contributed by atoms with van der Waals surface area (Å²) < 4.78 is 40.8. The van der Waals surface area contributed by atoms with E-state index in [-0.39, 0.29) is 15.1 Å². The highest BCUT2D eigenvalue weighted by Gasteiger charge is 2.24. The molecule has 0 fully saturated rings. The van der Waals surface area contributed by atoms with E-state index >= 15 is 0 Å². The molecule has 1 aromatic heterocycles. The molecule has 3 N–H and O–H groups in total. The minimum Gasteiger partial charge on any atom is -0.398 e. The molecule has 0 radical (unpaired) electrons. The zero-order valence-electron chi connectivity index (χ0n) is 11.0. The third-order valence-electron chi connectivity index (χ3n) is 2.80. The largest absolute Gasteiger partial charge is 0.398 e. The Balaban J connectivity index is 2.36. The molecule has 0 spiro atoms. The van der Waals surface area contributed by atoms with Crippen LogP contribution in [0.5, 0.6) is 0 Å². The Labute approximate surface area is 134 Å². The van der Waals surface area contributed by atoms with E-state index in [0.717, 1.165) is 12.1 Å². The summed E-state index contributed by atoms with van der Waals surface area (Å²) in [5.74, 6) is -0.613. The number of benzene rings is 1. The van der Waals surface area contributed by atoms with Crippen LogP contribution in [0.3, 0.4) is 0 Å². The van der Waals surface area contributed by atoms with Crippen LogP contribution in [-0.2, 0) is 10.0 Å². The summed E-state index contributed by atoms with van der Waals surface area (Å²) in [6.07, 6.45) is 2.15. The normalized spacial score (nSPS) is 13.3. The number of anilines is 1. The molecule has 1 heterocycles. The molecule has 0 saturated carbocycles. The molecule has 21 heavy (non-hydrogen) atoms. The van der Waals surface area contributed by atoms with E-state index in [1.807, 2.05) is 6.92 Å². The average Bonchev–Trinajstić information content (AvgIpc) is 2.94. The number of halogens is 2. The lowest BCUT2D eigenvalue weighted by molar-refractivity contribution is 0.549. The smallest absolute Gasteiger partial charge is 0.243 e. The van der Waals surface area contributed by atoms with Crippen LogP contribution in [0.15, 0.2) is 33.1 Å². The van der Waals surface area contributed by atoms with Crippen molar-refractivity contribution in [2.75, 3.05) is 5.73 Å². The molecule has 1 aromatic carbocycles. The van der Waals surface area contributed by atoms with Crippen molar-refractivity contribution in [3.63, 3.8) is 0 Å². The lowest BCUT2D eigenvalue weighted by Crippen LogP contribution is -2.29. The second-order valence-corrected chi connectivity index (χ2v) is 7.72. The van der Waals surface area contributed by atoms with Gasteiger partial charge in [-0.1, -0.05) is 6.92 Å². The Kier molecular flexibility index (Phi) is 4.97. The predicted molar refractivity (Wildman–Crippen MR) is 84.0 cm³/mol. The van der Waals surface area contributed by atoms with E-state index in [1.54, 1.807) is 11.6 Å². The van der Waals surface area contributed by atoms with Gasteiger partial charge in [0, 0.05) is 11.6 Å². The van der Waals surface area contributed by atoms with E-state index in [4.69, 9.17) is 5.73 Å². The number of hydrogen-bond donors (Lipinski definition) is 2. The van der Waals surface area contributed by atoms with Crippen molar-refractivity contribution in [3.8, 4) is 0 Å². The van der Waals surface area contributed by atoms with Gasteiger partial charge in [0.05, 0.1) is 16.2 Å². The number of thiazole rings is 1. The van der Waals surface area contributed by atoms with Crippen LogP contribution in [0.4, 0.5) is 10.1 Å². The van der Waals surface area contributed by atoms with Gasteiger partial charge in [-0.2, -0.15) is 0 Å². The van der Waals surface area contributed by atoms with Crippen LogP contribution in [0.25, 0.3) is 0 Å². The molecule has 0 aliphatic rings. The van der Waals surface area contributed by atoms with E-state index in [1.165, 1.54) is 11.3 Å². The molecule has 2 aromatic rings.